The van der Waals surface area contributed by atoms with Gasteiger partial charge in [0.25, 0.3) is 0 Å². The topological polar surface area (TPSA) is 78.0 Å². The number of hydrogen-bond donors (Lipinski definition) is 2. The number of piperidine rings is 1. The summed E-state index contributed by atoms with van der Waals surface area (Å²) in [6.45, 7) is 4.35. The Morgan fingerprint density at radius 2 is 2.24 bits per heavy atom. The fourth-order valence-electron chi connectivity index (χ4n) is 2.83. The average molecular weight is 291 g/mol. The van der Waals surface area contributed by atoms with E-state index in [2.05, 4.69) is 34.0 Å². The summed E-state index contributed by atoms with van der Waals surface area (Å²) in [6, 6.07) is 3.85. The lowest BCUT2D eigenvalue weighted by atomic mass is 9.96. The predicted molar refractivity (Wildman–Crippen MR) is 83.3 cm³/mol. The van der Waals surface area contributed by atoms with Crippen molar-refractivity contribution in [2.45, 2.75) is 19.4 Å². The van der Waals surface area contributed by atoms with E-state index in [0.717, 1.165) is 24.6 Å². The minimum Gasteiger partial charge on any atom is -0.409 e. The van der Waals surface area contributed by atoms with E-state index in [9.17, 15) is 0 Å². The summed E-state index contributed by atoms with van der Waals surface area (Å²) in [4.78, 5) is 8.83. The maximum atomic E-state index is 8.71. The van der Waals surface area contributed by atoms with E-state index in [1.54, 1.807) is 6.20 Å². The number of amidine groups is 1. The number of rotatable bonds is 5. The fourth-order valence-corrected chi connectivity index (χ4v) is 2.83. The van der Waals surface area contributed by atoms with Gasteiger partial charge < -0.3 is 20.7 Å². The first-order valence-corrected chi connectivity index (χ1v) is 7.38. The van der Waals surface area contributed by atoms with Crippen LogP contribution in [0.25, 0.3) is 0 Å². The van der Waals surface area contributed by atoms with Gasteiger partial charge in [0.1, 0.15) is 5.69 Å². The summed E-state index contributed by atoms with van der Waals surface area (Å²) in [6.07, 6.45) is 4.24. The molecule has 3 N–H and O–H groups in total. The van der Waals surface area contributed by atoms with Crippen LogP contribution in [0.15, 0.2) is 23.5 Å². The van der Waals surface area contributed by atoms with E-state index in [0.29, 0.717) is 5.69 Å². The quantitative estimate of drug-likeness (QED) is 0.365. The van der Waals surface area contributed by atoms with Gasteiger partial charge in [-0.1, -0.05) is 5.16 Å². The Morgan fingerprint density at radius 1 is 1.52 bits per heavy atom. The fraction of sp³-hybridized carbons (Fsp3) is 0.600. The molecule has 1 aromatic rings. The standard InChI is InChI=1S/C15H25N5O/c1-19-7-4-12(5-8-19)10-20(2)11-13-3-6-17-14(9-13)15(16)18-21/h3,6,9,12,21H,4-5,7-8,10-11H2,1-2H3,(H2,16,18). The first-order chi connectivity index (χ1) is 10.1. The van der Waals surface area contributed by atoms with Gasteiger partial charge in [0, 0.05) is 19.3 Å². The highest BCUT2D eigenvalue weighted by molar-refractivity contribution is 5.95. The van der Waals surface area contributed by atoms with Crippen LogP contribution in [0.2, 0.25) is 0 Å². The summed E-state index contributed by atoms with van der Waals surface area (Å²) in [5.74, 6) is 0.825. The smallest absolute Gasteiger partial charge is 0.188 e. The molecule has 1 fully saturated rings. The van der Waals surface area contributed by atoms with Crippen LogP contribution in [0, 0.1) is 5.92 Å². The largest absolute Gasteiger partial charge is 0.409 e. The number of pyridine rings is 1. The first kappa shape index (κ1) is 15.7. The van der Waals surface area contributed by atoms with Crippen LogP contribution >= 0.6 is 0 Å². The van der Waals surface area contributed by atoms with Gasteiger partial charge in [-0.05, 0) is 63.6 Å². The van der Waals surface area contributed by atoms with Crippen LogP contribution in [0.4, 0.5) is 0 Å². The minimum absolute atomic E-state index is 0.0508. The van der Waals surface area contributed by atoms with Gasteiger partial charge in [0.15, 0.2) is 5.84 Å². The molecule has 2 heterocycles. The highest BCUT2D eigenvalue weighted by Crippen LogP contribution is 2.17. The molecule has 1 aliphatic heterocycles. The van der Waals surface area contributed by atoms with Gasteiger partial charge in [-0.3, -0.25) is 4.98 Å². The van der Waals surface area contributed by atoms with Crippen LogP contribution in [0.1, 0.15) is 24.1 Å². The number of likely N-dealkylation sites (tertiary alicyclic amines) is 1. The van der Waals surface area contributed by atoms with E-state index in [-0.39, 0.29) is 5.84 Å². The Hall–Kier alpha value is -1.66. The van der Waals surface area contributed by atoms with Gasteiger partial charge in [-0.15, -0.1) is 0 Å². The Morgan fingerprint density at radius 3 is 2.90 bits per heavy atom. The molecule has 0 aliphatic carbocycles. The molecule has 116 valence electrons. The van der Waals surface area contributed by atoms with Crippen molar-refractivity contribution >= 4 is 5.84 Å². The normalized spacial score (nSPS) is 18.3. The lowest BCUT2D eigenvalue weighted by Gasteiger charge is -2.31. The van der Waals surface area contributed by atoms with E-state index in [1.807, 2.05) is 12.1 Å². The molecule has 0 radical (unpaired) electrons. The highest BCUT2D eigenvalue weighted by Gasteiger charge is 2.18. The molecule has 2 rings (SSSR count). The maximum absolute atomic E-state index is 8.71. The second-order valence-corrected chi connectivity index (χ2v) is 5.98. The summed E-state index contributed by atoms with van der Waals surface area (Å²) in [7, 11) is 4.33. The maximum Gasteiger partial charge on any atom is 0.188 e. The molecule has 0 bridgehead atoms. The van der Waals surface area contributed by atoms with Crippen LogP contribution in [0.5, 0.6) is 0 Å². The lowest BCUT2D eigenvalue weighted by Crippen LogP contribution is -2.35. The molecule has 0 amide bonds. The second-order valence-electron chi connectivity index (χ2n) is 5.98. The van der Waals surface area contributed by atoms with Crippen molar-refractivity contribution in [2.75, 3.05) is 33.7 Å². The van der Waals surface area contributed by atoms with E-state index >= 15 is 0 Å². The molecule has 0 spiro atoms. The third-order valence-electron chi connectivity index (χ3n) is 4.06. The number of nitrogens with zero attached hydrogens (tertiary/aromatic N) is 4. The van der Waals surface area contributed by atoms with Crippen LogP contribution in [-0.2, 0) is 6.54 Å². The Kier molecular flexibility index (Phi) is 5.52. The van der Waals surface area contributed by atoms with E-state index in [4.69, 9.17) is 10.9 Å². The van der Waals surface area contributed by atoms with Crippen LogP contribution in [-0.4, -0.2) is 59.6 Å². The van der Waals surface area contributed by atoms with E-state index in [1.165, 1.54) is 25.9 Å². The van der Waals surface area contributed by atoms with Crippen molar-refractivity contribution in [2.24, 2.45) is 16.8 Å². The molecule has 0 aromatic carbocycles. The molecule has 1 saturated heterocycles. The van der Waals surface area contributed by atoms with Crippen molar-refractivity contribution < 1.29 is 5.21 Å². The molecular weight excluding hydrogens is 266 g/mol. The number of aromatic nitrogens is 1. The number of oxime groups is 1. The first-order valence-electron chi connectivity index (χ1n) is 7.38. The Bertz CT molecular complexity index is 483. The highest BCUT2D eigenvalue weighted by atomic mass is 16.4. The van der Waals surface area contributed by atoms with Crippen molar-refractivity contribution in [1.82, 2.24) is 14.8 Å². The monoisotopic (exact) mass is 291 g/mol. The van der Waals surface area contributed by atoms with Gasteiger partial charge >= 0.3 is 0 Å². The van der Waals surface area contributed by atoms with E-state index < -0.39 is 0 Å². The van der Waals surface area contributed by atoms with Crippen LogP contribution in [0.3, 0.4) is 0 Å². The van der Waals surface area contributed by atoms with Gasteiger partial charge in [-0.2, -0.15) is 0 Å². The molecule has 1 aromatic heterocycles. The third-order valence-corrected chi connectivity index (χ3v) is 4.06. The zero-order valence-electron chi connectivity index (χ0n) is 12.9. The summed E-state index contributed by atoms with van der Waals surface area (Å²) in [5, 5.41) is 11.7. The molecule has 0 unspecified atom stereocenters. The van der Waals surface area contributed by atoms with Crippen LogP contribution < -0.4 is 5.73 Å². The Labute approximate surface area is 126 Å². The van der Waals surface area contributed by atoms with Gasteiger partial charge in [-0.25, -0.2) is 0 Å². The SMILES string of the molecule is CN1CCC(CN(C)Cc2ccnc(C(N)=NO)c2)CC1. The summed E-state index contributed by atoms with van der Waals surface area (Å²) >= 11 is 0. The van der Waals surface area contributed by atoms with Gasteiger partial charge in [0.05, 0.1) is 0 Å². The molecular formula is C15H25N5O. The second kappa shape index (κ2) is 7.38. The minimum atomic E-state index is 0.0508. The molecule has 1 aliphatic rings. The van der Waals surface area contributed by atoms with Gasteiger partial charge in [0.2, 0.25) is 0 Å². The molecule has 21 heavy (non-hydrogen) atoms. The van der Waals surface area contributed by atoms with Crippen molar-refractivity contribution in [3.05, 3.63) is 29.6 Å². The molecule has 6 heteroatoms. The van der Waals surface area contributed by atoms with Crippen molar-refractivity contribution in [3.8, 4) is 0 Å². The third kappa shape index (κ3) is 4.68. The Balaban J connectivity index is 1.89. The summed E-state index contributed by atoms with van der Waals surface area (Å²) in [5.41, 5.74) is 7.22. The molecule has 0 saturated carbocycles. The lowest BCUT2D eigenvalue weighted by molar-refractivity contribution is 0.173. The van der Waals surface area contributed by atoms with Crippen molar-refractivity contribution in [3.63, 3.8) is 0 Å². The zero-order chi connectivity index (χ0) is 15.2. The summed E-state index contributed by atoms with van der Waals surface area (Å²) < 4.78 is 0. The average Bonchev–Trinajstić information content (AvgIpc) is 2.49. The molecule has 0 atom stereocenters. The number of nitrogens with two attached hydrogens (primary N) is 1. The predicted octanol–water partition coefficient (Wildman–Crippen LogP) is 0.950. The molecule has 6 nitrogen and oxygen atoms in total. The number of hydrogen-bond acceptors (Lipinski definition) is 5. The zero-order valence-corrected chi connectivity index (χ0v) is 12.9. The van der Waals surface area contributed by atoms with Crippen molar-refractivity contribution in [1.29, 1.82) is 0 Å².